The van der Waals surface area contributed by atoms with Crippen LogP contribution in [0.1, 0.15) is 12.7 Å². The van der Waals surface area contributed by atoms with E-state index in [4.69, 9.17) is 16.3 Å². The second kappa shape index (κ2) is 6.21. The molecular weight excluding hydrogens is 330 g/mol. The zero-order chi connectivity index (χ0) is 13.8. The molecule has 2 aromatic rings. The lowest BCUT2D eigenvalue weighted by molar-refractivity contribution is 0.416. The van der Waals surface area contributed by atoms with Crippen LogP contribution >= 0.6 is 27.5 Å². The van der Waals surface area contributed by atoms with E-state index in [1.165, 1.54) is 0 Å². The molecule has 0 unspecified atom stereocenters. The molecule has 1 aromatic carbocycles. The molecule has 0 radical (unpaired) electrons. The largest absolute Gasteiger partial charge is 0.495 e. The van der Waals surface area contributed by atoms with Crippen molar-refractivity contribution in [2.75, 3.05) is 12.4 Å². The fourth-order valence-electron chi connectivity index (χ4n) is 1.60. The van der Waals surface area contributed by atoms with E-state index in [1.807, 2.05) is 25.1 Å². The molecule has 2 rings (SSSR count). The predicted octanol–water partition coefficient (Wildman–Crippen LogP) is 4.21. The highest BCUT2D eigenvalue weighted by Gasteiger charge is 2.07. The molecule has 0 fully saturated rings. The Morgan fingerprint density at radius 1 is 1.32 bits per heavy atom. The maximum Gasteiger partial charge on any atom is 0.142 e. The van der Waals surface area contributed by atoms with Crippen molar-refractivity contribution in [1.29, 1.82) is 0 Å². The third-order valence-corrected chi connectivity index (χ3v) is 3.17. The van der Waals surface area contributed by atoms with Crippen LogP contribution in [-0.2, 0) is 6.42 Å². The number of rotatable bonds is 4. The van der Waals surface area contributed by atoms with Crippen molar-refractivity contribution in [1.82, 2.24) is 9.97 Å². The van der Waals surface area contributed by atoms with Crippen LogP contribution < -0.4 is 10.1 Å². The van der Waals surface area contributed by atoms with E-state index in [1.54, 1.807) is 13.2 Å². The second-order valence-electron chi connectivity index (χ2n) is 3.82. The van der Waals surface area contributed by atoms with Gasteiger partial charge in [-0.15, -0.1) is 0 Å². The summed E-state index contributed by atoms with van der Waals surface area (Å²) in [5.74, 6) is 2.08. The third-order valence-electron chi connectivity index (χ3n) is 2.48. The van der Waals surface area contributed by atoms with Crippen molar-refractivity contribution in [3.8, 4) is 5.75 Å². The van der Waals surface area contributed by atoms with Crippen molar-refractivity contribution < 1.29 is 4.74 Å². The quantitative estimate of drug-likeness (QED) is 0.846. The number of nitrogens with one attached hydrogen (secondary N) is 1. The highest BCUT2D eigenvalue weighted by Crippen LogP contribution is 2.30. The summed E-state index contributed by atoms with van der Waals surface area (Å²) in [7, 11) is 1.62. The van der Waals surface area contributed by atoms with Crippen molar-refractivity contribution in [3.05, 3.63) is 39.7 Å². The first-order chi connectivity index (χ1) is 9.12. The van der Waals surface area contributed by atoms with Crippen LogP contribution in [0.15, 0.2) is 28.7 Å². The number of hydrogen-bond donors (Lipinski definition) is 1. The Hall–Kier alpha value is -1.33. The van der Waals surface area contributed by atoms with Gasteiger partial charge in [-0.2, -0.15) is 0 Å². The molecule has 0 spiro atoms. The second-order valence-corrected chi connectivity index (χ2v) is 5.12. The van der Waals surface area contributed by atoms with Gasteiger partial charge >= 0.3 is 0 Å². The van der Waals surface area contributed by atoms with Gasteiger partial charge in [-0.3, -0.25) is 0 Å². The Morgan fingerprint density at radius 2 is 2.11 bits per heavy atom. The van der Waals surface area contributed by atoms with Gasteiger partial charge in [0, 0.05) is 17.0 Å². The predicted molar refractivity (Wildman–Crippen MR) is 80.4 cm³/mol. The van der Waals surface area contributed by atoms with Crippen molar-refractivity contribution in [3.63, 3.8) is 0 Å². The molecule has 0 bridgehead atoms. The molecule has 0 aliphatic heterocycles. The lowest BCUT2D eigenvalue weighted by Crippen LogP contribution is -2.01. The number of hydrogen-bond acceptors (Lipinski definition) is 4. The van der Waals surface area contributed by atoms with Crippen LogP contribution in [-0.4, -0.2) is 17.1 Å². The van der Waals surface area contributed by atoms with Crippen LogP contribution in [0.4, 0.5) is 11.5 Å². The molecule has 19 heavy (non-hydrogen) atoms. The topological polar surface area (TPSA) is 47.0 Å². The summed E-state index contributed by atoms with van der Waals surface area (Å²) in [5, 5.41) is 3.61. The summed E-state index contributed by atoms with van der Waals surface area (Å²) < 4.78 is 6.25. The Balaban J connectivity index is 2.35. The fraction of sp³-hybridized carbons (Fsp3) is 0.231. The zero-order valence-corrected chi connectivity index (χ0v) is 12.9. The number of benzene rings is 1. The molecule has 0 aliphatic rings. The first kappa shape index (κ1) is 14.1. The number of halogens is 2. The number of aryl methyl sites for hydroxylation is 1. The summed E-state index contributed by atoms with van der Waals surface area (Å²) in [6.45, 7) is 1.98. The average Bonchev–Trinajstić information content (AvgIpc) is 2.38. The molecule has 6 heteroatoms. The van der Waals surface area contributed by atoms with Gasteiger partial charge in [0.2, 0.25) is 0 Å². The van der Waals surface area contributed by atoms with Gasteiger partial charge in [0.05, 0.1) is 12.8 Å². The number of anilines is 2. The SMILES string of the molecule is CCc1nc(Cl)cc(Nc2cc(Br)ccc2OC)n1. The van der Waals surface area contributed by atoms with Crippen molar-refractivity contribution in [2.24, 2.45) is 0 Å². The first-order valence-electron chi connectivity index (χ1n) is 5.76. The van der Waals surface area contributed by atoms with Crippen molar-refractivity contribution >= 4 is 39.0 Å². The molecule has 1 heterocycles. The van der Waals surface area contributed by atoms with Gasteiger partial charge < -0.3 is 10.1 Å². The Morgan fingerprint density at radius 3 is 2.79 bits per heavy atom. The Bertz CT molecular complexity index is 592. The molecule has 0 saturated heterocycles. The summed E-state index contributed by atoms with van der Waals surface area (Å²) in [5.41, 5.74) is 0.814. The molecule has 0 aliphatic carbocycles. The Labute approximate surface area is 125 Å². The van der Waals surface area contributed by atoms with E-state index in [9.17, 15) is 0 Å². The summed E-state index contributed by atoms with van der Waals surface area (Å²) in [4.78, 5) is 8.50. The minimum Gasteiger partial charge on any atom is -0.495 e. The van der Waals surface area contributed by atoms with Crippen LogP contribution in [0.3, 0.4) is 0 Å². The normalized spacial score (nSPS) is 10.3. The van der Waals surface area contributed by atoms with Crippen LogP contribution in [0.25, 0.3) is 0 Å². The van der Waals surface area contributed by atoms with E-state index in [0.29, 0.717) is 16.8 Å². The Kier molecular flexibility index (Phi) is 4.61. The molecule has 4 nitrogen and oxygen atoms in total. The minimum atomic E-state index is 0.420. The molecular formula is C13H13BrClN3O. The number of methoxy groups -OCH3 is 1. The monoisotopic (exact) mass is 341 g/mol. The van der Waals surface area contributed by atoms with Gasteiger partial charge in [0.1, 0.15) is 22.5 Å². The lowest BCUT2D eigenvalue weighted by Gasteiger charge is -2.11. The van der Waals surface area contributed by atoms with E-state index < -0.39 is 0 Å². The zero-order valence-electron chi connectivity index (χ0n) is 10.6. The number of aromatic nitrogens is 2. The number of nitrogens with zero attached hydrogens (tertiary/aromatic N) is 2. The van der Waals surface area contributed by atoms with Gasteiger partial charge in [-0.05, 0) is 18.2 Å². The summed E-state index contributed by atoms with van der Waals surface area (Å²) in [6, 6.07) is 7.38. The van der Waals surface area contributed by atoms with E-state index in [-0.39, 0.29) is 0 Å². The molecule has 1 aromatic heterocycles. The highest BCUT2D eigenvalue weighted by molar-refractivity contribution is 9.10. The molecule has 0 amide bonds. The van der Waals surface area contributed by atoms with Gasteiger partial charge in [0.25, 0.3) is 0 Å². The van der Waals surface area contributed by atoms with Gasteiger partial charge in [-0.25, -0.2) is 9.97 Å². The number of ether oxygens (including phenoxy) is 1. The minimum absolute atomic E-state index is 0.420. The molecule has 1 N–H and O–H groups in total. The van der Waals surface area contributed by atoms with Crippen LogP contribution in [0.5, 0.6) is 5.75 Å². The summed E-state index contributed by atoms with van der Waals surface area (Å²) >= 11 is 9.40. The smallest absolute Gasteiger partial charge is 0.142 e. The van der Waals surface area contributed by atoms with Crippen LogP contribution in [0.2, 0.25) is 5.15 Å². The van der Waals surface area contributed by atoms with E-state index >= 15 is 0 Å². The maximum absolute atomic E-state index is 5.97. The van der Waals surface area contributed by atoms with E-state index in [0.717, 1.165) is 22.3 Å². The van der Waals surface area contributed by atoms with Gasteiger partial charge in [-0.1, -0.05) is 34.5 Å². The maximum atomic E-state index is 5.97. The third kappa shape index (κ3) is 3.58. The molecule has 0 saturated carbocycles. The lowest BCUT2D eigenvalue weighted by atomic mass is 10.3. The summed E-state index contributed by atoms with van der Waals surface area (Å²) in [6.07, 6.45) is 0.727. The first-order valence-corrected chi connectivity index (χ1v) is 6.93. The average molecular weight is 343 g/mol. The molecule has 0 atom stereocenters. The standard InChI is InChI=1S/C13H13BrClN3O/c1-3-12-17-11(15)7-13(18-12)16-9-6-8(14)4-5-10(9)19-2/h4-7H,3H2,1-2H3,(H,16,17,18). The highest BCUT2D eigenvalue weighted by atomic mass is 79.9. The van der Waals surface area contributed by atoms with E-state index in [2.05, 4.69) is 31.2 Å². The fourth-order valence-corrected chi connectivity index (χ4v) is 2.16. The van der Waals surface area contributed by atoms with Gasteiger partial charge in [0.15, 0.2) is 0 Å². The van der Waals surface area contributed by atoms with Crippen LogP contribution in [0, 0.1) is 0 Å². The van der Waals surface area contributed by atoms with Crippen molar-refractivity contribution in [2.45, 2.75) is 13.3 Å². The molecule has 100 valence electrons.